The highest BCUT2D eigenvalue weighted by atomic mass is 16.5. The summed E-state index contributed by atoms with van der Waals surface area (Å²) in [6.07, 6.45) is 4.25. The molecule has 0 amide bonds. The number of rotatable bonds is 7. The van der Waals surface area contributed by atoms with Gasteiger partial charge >= 0.3 is 0 Å². The summed E-state index contributed by atoms with van der Waals surface area (Å²) < 4.78 is 10.9. The maximum atomic E-state index is 10.4. The average molecular weight is 371 g/mol. The molecule has 0 bridgehead atoms. The lowest BCUT2D eigenvalue weighted by molar-refractivity contribution is 0.111. The average Bonchev–Trinajstić information content (AvgIpc) is 2.70. The molecule has 27 heavy (non-hydrogen) atoms. The van der Waals surface area contributed by atoms with Crippen molar-refractivity contribution in [1.29, 1.82) is 0 Å². The molecule has 1 aliphatic rings. The van der Waals surface area contributed by atoms with Crippen molar-refractivity contribution in [2.24, 2.45) is 0 Å². The molecule has 1 fully saturated rings. The van der Waals surface area contributed by atoms with Gasteiger partial charge in [0.05, 0.1) is 14.2 Å². The molecule has 3 rings (SSSR count). The van der Waals surface area contributed by atoms with Gasteiger partial charge in [-0.1, -0.05) is 12.5 Å². The first kappa shape index (κ1) is 19.5. The normalized spacial score (nSPS) is 17.7. The molecular weight excluding hydrogens is 342 g/mol. The fourth-order valence-corrected chi connectivity index (χ4v) is 3.88. The largest absolute Gasteiger partial charge is 0.508 e. The third-order valence-electron chi connectivity index (χ3n) is 5.38. The predicted octanol–water partition coefficient (Wildman–Crippen LogP) is 3.81. The number of phenolic OH excluding ortho intramolecular Hbond substituents is 1. The van der Waals surface area contributed by atoms with Crippen LogP contribution in [0.3, 0.4) is 0 Å². The lowest BCUT2D eigenvalue weighted by Gasteiger charge is -2.35. The van der Waals surface area contributed by atoms with Crippen LogP contribution in [0.2, 0.25) is 0 Å². The fraction of sp³-hybridized carbons (Fsp3) is 0.455. The van der Waals surface area contributed by atoms with Gasteiger partial charge in [-0.15, -0.1) is 0 Å². The molecule has 0 saturated carbocycles. The second kappa shape index (κ2) is 9.11. The summed E-state index contributed by atoms with van der Waals surface area (Å²) in [6.45, 7) is 1.88. The molecule has 0 aliphatic carbocycles. The van der Waals surface area contributed by atoms with Crippen LogP contribution in [0.5, 0.6) is 17.2 Å². The van der Waals surface area contributed by atoms with Crippen LogP contribution in [0.25, 0.3) is 11.1 Å². The molecule has 0 radical (unpaired) electrons. The number of hydrogen-bond acceptors (Lipinski definition) is 5. The lowest BCUT2D eigenvalue weighted by atomic mass is 9.97. The Hall–Kier alpha value is -2.24. The minimum Gasteiger partial charge on any atom is -0.508 e. The van der Waals surface area contributed by atoms with Crippen molar-refractivity contribution in [3.05, 3.63) is 42.0 Å². The molecule has 1 saturated heterocycles. The number of likely N-dealkylation sites (tertiary alicyclic amines) is 1. The van der Waals surface area contributed by atoms with Gasteiger partial charge in [0.1, 0.15) is 17.2 Å². The highest BCUT2D eigenvalue weighted by Gasteiger charge is 2.23. The summed E-state index contributed by atoms with van der Waals surface area (Å²) in [6, 6.07) is 11.8. The number of phenols is 1. The van der Waals surface area contributed by atoms with Gasteiger partial charge in [0.15, 0.2) is 0 Å². The van der Waals surface area contributed by atoms with Crippen molar-refractivity contribution in [2.75, 3.05) is 27.4 Å². The monoisotopic (exact) mass is 371 g/mol. The maximum Gasteiger partial charge on any atom is 0.126 e. The summed E-state index contributed by atoms with van der Waals surface area (Å²) >= 11 is 0. The van der Waals surface area contributed by atoms with Gasteiger partial charge < -0.3 is 19.7 Å². The van der Waals surface area contributed by atoms with Crippen LogP contribution in [0.1, 0.15) is 31.2 Å². The number of hydrogen-bond donors (Lipinski definition) is 2. The number of piperidine rings is 1. The number of aliphatic hydroxyl groups excluding tert-OH is 1. The van der Waals surface area contributed by atoms with Crippen molar-refractivity contribution in [3.63, 3.8) is 0 Å². The Bertz CT molecular complexity index is 760. The highest BCUT2D eigenvalue weighted by Crippen LogP contribution is 2.36. The number of aliphatic hydroxyl groups is 1. The SMILES string of the molecule is COc1ccc(OC)c(-c2ccc(O)c(CN3CCCCC3CCO)c2)c1. The minimum absolute atomic E-state index is 0.203. The molecule has 2 aromatic rings. The predicted molar refractivity (Wildman–Crippen MR) is 106 cm³/mol. The van der Waals surface area contributed by atoms with E-state index in [1.54, 1.807) is 20.3 Å². The third kappa shape index (κ3) is 4.54. The minimum atomic E-state index is 0.203. The molecule has 5 heteroatoms. The van der Waals surface area contributed by atoms with Gasteiger partial charge in [-0.3, -0.25) is 4.90 Å². The number of ether oxygens (including phenoxy) is 2. The Morgan fingerprint density at radius 3 is 2.67 bits per heavy atom. The van der Waals surface area contributed by atoms with Crippen LogP contribution in [0.4, 0.5) is 0 Å². The van der Waals surface area contributed by atoms with Gasteiger partial charge in [-0.25, -0.2) is 0 Å². The van der Waals surface area contributed by atoms with Crippen LogP contribution in [0, 0.1) is 0 Å². The van der Waals surface area contributed by atoms with E-state index in [1.165, 1.54) is 6.42 Å². The molecule has 5 nitrogen and oxygen atoms in total. The first-order chi connectivity index (χ1) is 13.2. The number of benzene rings is 2. The molecule has 1 aliphatic heterocycles. The van der Waals surface area contributed by atoms with Gasteiger partial charge in [0, 0.05) is 30.3 Å². The van der Waals surface area contributed by atoms with E-state index in [9.17, 15) is 10.2 Å². The second-order valence-electron chi connectivity index (χ2n) is 7.04. The molecule has 146 valence electrons. The zero-order chi connectivity index (χ0) is 19.2. The smallest absolute Gasteiger partial charge is 0.126 e. The Kier molecular flexibility index (Phi) is 6.58. The molecule has 0 aromatic heterocycles. The zero-order valence-electron chi connectivity index (χ0n) is 16.1. The van der Waals surface area contributed by atoms with E-state index in [0.29, 0.717) is 18.3 Å². The Morgan fingerprint density at radius 1 is 1.07 bits per heavy atom. The van der Waals surface area contributed by atoms with Crippen LogP contribution in [-0.4, -0.2) is 48.5 Å². The molecule has 2 N–H and O–H groups in total. The van der Waals surface area contributed by atoms with E-state index >= 15 is 0 Å². The first-order valence-corrected chi connectivity index (χ1v) is 9.55. The third-order valence-corrected chi connectivity index (χ3v) is 5.38. The zero-order valence-corrected chi connectivity index (χ0v) is 16.1. The van der Waals surface area contributed by atoms with Crippen LogP contribution in [-0.2, 0) is 6.54 Å². The van der Waals surface area contributed by atoms with E-state index in [1.807, 2.05) is 30.3 Å². The molecule has 0 spiro atoms. The number of aromatic hydroxyl groups is 1. The van der Waals surface area contributed by atoms with E-state index in [0.717, 1.165) is 54.0 Å². The number of methoxy groups -OCH3 is 2. The summed E-state index contributed by atoms with van der Waals surface area (Å²) in [7, 11) is 3.30. The Labute approximate surface area is 161 Å². The van der Waals surface area contributed by atoms with Crippen molar-refractivity contribution < 1.29 is 19.7 Å². The first-order valence-electron chi connectivity index (χ1n) is 9.55. The summed E-state index contributed by atoms with van der Waals surface area (Å²) in [5.74, 6) is 1.83. The summed E-state index contributed by atoms with van der Waals surface area (Å²) in [4.78, 5) is 2.38. The standard InChI is InChI=1S/C22H29NO4/c1-26-19-7-9-22(27-2)20(14-19)16-6-8-21(25)17(13-16)15-23-11-4-3-5-18(23)10-12-24/h6-9,13-14,18,24-25H,3-5,10-12,15H2,1-2H3. The van der Waals surface area contributed by atoms with Crippen LogP contribution < -0.4 is 9.47 Å². The number of nitrogens with zero attached hydrogens (tertiary/aromatic N) is 1. The van der Waals surface area contributed by atoms with Crippen LogP contribution >= 0.6 is 0 Å². The van der Waals surface area contributed by atoms with E-state index in [-0.39, 0.29) is 6.61 Å². The molecule has 1 unspecified atom stereocenters. The lowest BCUT2D eigenvalue weighted by Crippen LogP contribution is -2.39. The van der Waals surface area contributed by atoms with E-state index < -0.39 is 0 Å². The summed E-state index contributed by atoms with van der Waals surface area (Å²) in [5.41, 5.74) is 2.81. The highest BCUT2D eigenvalue weighted by molar-refractivity contribution is 5.73. The molecule has 2 aromatic carbocycles. The molecule has 1 atom stereocenters. The summed E-state index contributed by atoms with van der Waals surface area (Å²) in [5, 5.41) is 19.8. The van der Waals surface area contributed by atoms with Gasteiger partial charge in [-0.2, -0.15) is 0 Å². The van der Waals surface area contributed by atoms with Crippen molar-refractivity contribution >= 4 is 0 Å². The second-order valence-corrected chi connectivity index (χ2v) is 7.04. The van der Waals surface area contributed by atoms with Crippen molar-refractivity contribution in [3.8, 4) is 28.4 Å². The van der Waals surface area contributed by atoms with E-state index in [4.69, 9.17) is 9.47 Å². The Balaban J connectivity index is 1.90. The van der Waals surface area contributed by atoms with Crippen LogP contribution in [0.15, 0.2) is 36.4 Å². The quantitative estimate of drug-likeness (QED) is 0.775. The fourth-order valence-electron chi connectivity index (χ4n) is 3.88. The van der Waals surface area contributed by atoms with Crippen molar-refractivity contribution in [2.45, 2.75) is 38.3 Å². The molecule has 1 heterocycles. The van der Waals surface area contributed by atoms with E-state index in [2.05, 4.69) is 4.90 Å². The van der Waals surface area contributed by atoms with Gasteiger partial charge in [0.25, 0.3) is 0 Å². The maximum absolute atomic E-state index is 10.4. The Morgan fingerprint density at radius 2 is 1.93 bits per heavy atom. The van der Waals surface area contributed by atoms with Gasteiger partial charge in [0.2, 0.25) is 0 Å². The van der Waals surface area contributed by atoms with Gasteiger partial charge in [-0.05, 0) is 61.7 Å². The van der Waals surface area contributed by atoms with Crippen molar-refractivity contribution in [1.82, 2.24) is 4.90 Å². The molecular formula is C22H29NO4. The topological polar surface area (TPSA) is 62.2 Å².